The fraction of sp³-hybridized carbons (Fsp3) is 0. The van der Waals surface area contributed by atoms with Crippen molar-refractivity contribution in [2.24, 2.45) is 0 Å². The number of nitrogens with zero attached hydrogens (tertiary/aromatic N) is 3. The third kappa shape index (κ3) is 0.554. The molecule has 5 nitrogen and oxygen atoms in total. The van der Waals surface area contributed by atoms with Crippen LogP contribution in [0.3, 0.4) is 0 Å². The molecule has 0 saturated carbocycles. The van der Waals surface area contributed by atoms with Crippen molar-refractivity contribution in [3.63, 3.8) is 0 Å². The first-order valence-electron chi connectivity index (χ1n) is 3.48. The number of aromatic nitrogens is 4. The molecule has 1 aromatic carbocycles. The Morgan fingerprint density at radius 2 is 2.17 bits per heavy atom. The van der Waals surface area contributed by atoms with E-state index in [4.69, 9.17) is 4.63 Å². The highest BCUT2D eigenvalue weighted by atomic mass is 16.6. The molecule has 12 heavy (non-hydrogen) atoms. The summed E-state index contributed by atoms with van der Waals surface area (Å²) >= 11 is 0. The normalized spacial score (nSPS) is 11.3. The van der Waals surface area contributed by atoms with Crippen LogP contribution in [0, 0.1) is 0 Å². The number of hydrogen-bond acceptors (Lipinski definition) is 4. The van der Waals surface area contributed by atoms with Gasteiger partial charge in [-0.2, -0.15) is 5.16 Å². The highest BCUT2D eigenvalue weighted by Crippen LogP contribution is 2.18. The van der Waals surface area contributed by atoms with Gasteiger partial charge in [-0.15, -0.1) is 0 Å². The third-order valence-electron chi connectivity index (χ3n) is 1.81. The lowest BCUT2D eigenvalue weighted by molar-refractivity contribution is 0.315. The van der Waals surface area contributed by atoms with Gasteiger partial charge >= 0.3 is 0 Å². The summed E-state index contributed by atoms with van der Waals surface area (Å²) in [5.74, 6) is 0. The predicted molar refractivity (Wildman–Crippen MR) is 41.5 cm³/mol. The van der Waals surface area contributed by atoms with Gasteiger partial charge in [-0.05, 0) is 17.3 Å². The number of rotatable bonds is 0. The van der Waals surface area contributed by atoms with E-state index in [9.17, 15) is 0 Å². The minimum Gasteiger partial charge on any atom is -0.270 e. The van der Waals surface area contributed by atoms with E-state index < -0.39 is 0 Å². The summed E-state index contributed by atoms with van der Waals surface area (Å²) in [4.78, 5) is 8.11. The second-order valence-electron chi connectivity index (χ2n) is 2.49. The van der Waals surface area contributed by atoms with Crippen LogP contribution in [0.1, 0.15) is 0 Å². The largest absolute Gasteiger partial charge is 0.270 e. The van der Waals surface area contributed by atoms with Crippen molar-refractivity contribution in [3.8, 4) is 0 Å². The van der Waals surface area contributed by atoms with E-state index >= 15 is 0 Å². The van der Waals surface area contributed by atoms with Crippen LogP contribution < -0.4 is 0 Å². The van der Waals surface area contributed by atoms with E-state index in [1.54, 1.807) is 0 Å². The molecule has 0 aliphatic rings. The first-order chi connectivity index (χ1) is 5.95. The average molecular weight is 160 g/mol. The molecule has 0 fully saturated rings. The minimum absolute atomic E-state index is 0.727. The van der Waals surface area contributed by atoms with Crippen LogP contribution in [0.25, 0.3) is 22.1 Å². The van der Waals surface area contributed by atoms with E-state index in [0.717, 1.165) is 22.1 Å². The van der Waals surface area contributed by atoms with Gasteiger partial charge in [0.15, 0.2) is 5.52 Å². The zero-order valence-electron chi connectivity index (χ0n) is 5.98. The minimum atomic E-state index is 0.727. The first kappa shape index (κ1) is 5.70. The Kier molecular flexibility index (Phi) is 0.864. The van der Waals surface area contributed by atoms with E-state index in [-0.39, 0.29) is 0 Å². The van der Waals surface area contributed by atoms with E-state index in [0.29, 0.717) is 0 Å². The van der Waals surface area contributed by atoms with Crippen molar-refractivity contribution < 1.29 is 4.63 Å². The van der Waals surface area contributed by atoms with Gasteiger partial charge in [0, 0.05) is 0 Å². The third-order valence-corrected chi connectivity index (χ3v) is 1.81. The second kappa shape index (κ2) is 1.82. The van der Waals surface area contributed by atoms with Crippen LogP contribution in [0.4, 0.5) is 0 Å². The summed E-state index contributed by atoms with van der Waals surface area (Å²) in [7, 11) is 0. The van der Waals surface area contributed by atoms with Gasteiger partial charge in [0.1, 0.15) is 17.4 Å². The number of aromatic amines is 1. The Labute approximate surface area is 66.4 Å². The summed E-state index contributed by atoms with van der Waals surface area (Å²) in [5, 5.41) is 6.43. The molecule has 0 saturated heterocycles. The van der Waals surface area contributed by atoms with E-state index in [2.05, 4.69) is 20.3 Å². The summed E-state index contributed by atoms with van der Waals surface area (Å²) < 4.78 is 4.70. The van der Waals surface area contributed by atoms with E-state index in [1.807, 2.05) is 12.1 Å². The standard InChI is InChI=1S/C7H4N4O/c1-2-5-7(11-12-10-5)6-4(1)8-3-9-6/h1-3,10H. The summed E-state index contributed by atoms with van der Waals surface area (Å²) in [5.41, 5.74) is 3.18. The maximum absolute atomic E-state index is 4.70. The Hall–Kier alpha value is -1.91. The van der Waals surface area contributed by atoms with E-state index in [1.165, 1.54) is 6.33 Å². The molecule has 2 heterocycles. The molecule has 5 heteroatoms. The molecule has 2 aromatic heterocycles. The zero-order chi connectivity index (χ0) is 7.97. The zero-order valence-corrected chi connectivity index (χ0v) is 5.98. The number of H-pyrrole nitrogens is 1. The van der Waals surface area contributed by atoms with Crippen molar-refractivity contribution in [1.82, 2.24) is 20.3 Å². The van der Waals surface area contributed by atoms with Crippen LogP contribution in [0.2, 0.25) is 0 Å². The van der Waals surface area contributed by atoms with Crippen molar-refractivity contribution in [2.45, 2.75) is 0 Å². The Morgan fingerprint density at radius 3 is 3.17 bits per heavy atom. The summed E-state index contributed by atoms with van der Waals surface area (Å²) in [6.45, 7) is 0. The smallest absolute Gasteiger partial charge is 0.160 e. The molecule has 0 aliphatic carbocycles. The molecule has 3 aromatic rings. The van der Waals surface area contributed by atoms with Gasteiger partial charge < -0.3 is 0 Å². The number of imidazole rings is 1. The van der Waals surface area contributed by atoms with Crippen LogP contribution in [0.5, 0.6) is 0 Å². The quantitative estimate of drug-likeness (QED) is 0.534. The lowest BCUT2D eigenvalue weighted by Crippen LogP contribution is -1.72. The fourth-order valence-electron chi connectivity index (χ4n) is 1.24. The first-order valence-corrected chi connectivity index (χ1v) is 3.48. The molecule has 58 valence electrons. The van der Waals surface area contributed by atoms with Gasteiger partial charge in [0.05, 0.1) is 5.52 Å². The molecule has 0 bridgehead atoms. The molecule has 0 atom stereocenters. The summed E-state index contributed by atoms with van der Waals surface area (Å²) in [6.07, 6.45) is 1.51. The molecule has 0 spiro atoms. The predicted octanol–water partition coefficient (Wildman–Crippen LogP) is 1.10. The Bertz CT molecular complexity index is 489. The Balaban J connectivity index is 2.71. The van der Waals surface area contributed by atoms with Crippen LogP contribution in [-0.4, -0.2) is 20.3 Å². The number of hydrogen-bond donors (Lipinski definition) is 1. The lowest BCUT2D eigenvalue weighted by Gasteiger charge is -1.84. The summed E-state index contributed by atoms with van der Waals surface area (Å²) in [6, 6.07) is 3.74. The van der Waals surface area contributed by atoms with Gasteiger partial charge in [-0.1, -0.05) is 0 Å². The van der Waals surface area contributed by atoms with Gasteiger partial charge in [-0.3, -0.25) is 4.63 Å². The van der Waals surface area contributed by atoms with Crippen molar-refractivity contribution in [2.75, 3.05) is 0 Å². The lowest BCUT2D eigenvalue weighted by atomic mass is 10.3. The Morgan fingerprint density at radius 1 is 1.17 bits per heavy atom. The van der Waals surface area contributed by atoms with Crippen LogP contribution >= 0.6 is 0 Å². The maximum Gasteiger partial charge on any atom is 0.160 e. The van der Waals surface area contributed by atoms with Crippen LogP contribution in [0.15, 0.2) is 23.1 Å². The monoisotopic (exact) mass is 160 g/mol. The molecule has 1 N–H and O–H groups in total. The van der Waals surface area contributed by atoms with Crippen molar-refractivity contribution in [3.05, 3.63) is 18.5 Å². The molecular formula is C7H4N4O. The van der Waals surface area contributed by atoms with Crippen LogP contribution in [-0.2, 0) is 0 Å². The molecule has 0 amide bonds. The second-order valence-corrected chi connectivity index (χ2v) is 2.49. The number of benzene rings is 1. The molecule has 0 aliphatic heterocycles. The van der Waals surface area contributed by atoms with Gasteiger partial charge in [-0.25, -0.2) is 9.97 Å². The average Bonchev–Trinajstić information content (AvgIpc) is 2.71. The SMILES string of the molecule is c1nc2ccc3[nH]onc3c2n1. The number of fused-ring (bicyclic) bond motifs is 3. The topological polar surface area (TPSA) is 67.6 Å². The van der Waals surface area contributed by atoms with Gasteiger partial charge in [0.2, 0.25) is 0 Å². The molecule has 0 radical (unpaired) electrons. The van der Waals surface area contributed by atoms with Crippen molar-refractivity contribution in [1.29, 1.82) is 0 Å². The van der Waals surface area contributed by atoms with Crippen molar-refractivity contribution >= 4 is 22.1 Å². The highest BCUT2D eigenvalue weighted by molar-refractivity contribution is 5.99. The highest BCUT2D eigenvalue weighted by Gasteiger charge is 2.05. The molecule has 0 unspecified atom stereocenters. The molecule has 3 rings (SSSR count). The maximum atomic E-state index is 4.70. The number of nitrogens with one attached hydrogen (secondary N) is 1. The fourth-order valence-corrected chi connectivity index (χ4v) is 1.24. The van der Waals surface area contributed by atoms with Gasteiger partial charge in [0.25, 0.3) is 0 Å². The molecular weight excluding hydrogens is 156 g/mol.